The Morgan fingerprint density at radius 2 is 1.87 bits per heavy atom. The number of carbonyl (C=O) groups excluding carboxylic acids is 2. The molecule has 3 atom stereocenters. The van der Waals surface area contributed by atoms with Gasteiger partial charge in [0, 0.05) is 26.7 Å². The number of hydrogen-bond donors (Lipinski definition) is 2. The Labute approximate surface area is 229 Å². The van der Waals surface area contributed by atoms with Crippen molar-refractivity contribution in [1.29, 1.82) is 0 Å². The molecule has 39 heavy (non-hydrogen) atoms. The number of sulfonamides is 1. The summed E-state index contributed by atoms with van der Waals surface area (Å²) >= 11 is 0. The van der Waals surface area contributed by atoms with E-state index in [-0.39, 0.29) is 17.4 Å². The third kappa shape index (κ3) is 7.21. The molecule has 9 nitrogen and oxygen atoms in total. The first kappa shape index (κ1) is 28.3. The van der Waals surface area contributed by atoms with Crippen molar-refractivity contribution in [2.45, 2.75) is 36.7 Å². The third-order valence-electron chi connectivity index (χ3n) is 7.14. The number of fused-ring (bicyclic) bond motifs is 1. The molecule has 3 aromatic carbocycles. The number of nitrogens with two attached hydrogens (primary N) is 1. The predicted octanol–water partition coefficient (Wildman–Crippen LogP) is 2.88. The highest BCUT2D eigenvalue weighted by Crippen LogP contribution is 2.26. The number of carbonyl (C=O) groups is 1. The lowest BCUT2D eigenvalue weighted by Crippen LogP contribution is -2.52. The summed E-state index contributed by atoms with van der Waals surface area (Å²) in [5, 5.41) is 5.25. The summed E-state index contributed by atoms with van der Waals surface area (Å²) in [5.41, 5.74) is 0.889. The zero-order chi connectivity index (χ0) is 27.8. The standard InChI is InChI=1S/C29H34N5O4S/c1-33(18-22-8-3-2-4-9-22)29(36)28(26(20-35)16-23-10-7-15-34(19-23)21-31-30)32-39(37,38)27-14-13-24-11-5-6-12-25(24)17-27/h2-6,8-9,11-14,17,21,23,26,28,32H,7,10,15-16,18-19,30H2,1H3/t23?,26-,28-/m1/s1. The Morgan fingerprint density at radius 1 is 1.15 bits per heavy atom. The molecule has 0 spiro atoms. The van der Waals surface area contributed by atoms with Crippen LogP contribution in [0.3, 0.4) is 0 Å². The van der Waals surface area contributed by atoms with E-state index in [2.05, 4.69) is 9.82 Å². The van der Waals surface area contributed by atoms with Gasteiger partial charge in [0.2, 0.25) is 22.2 Å². The van der Waals surface area contributed by atoms with Gasteiger partial charge in [0.1, 0.15) is 12.4 Å². The lowest BCUT2D eigenvalue weighted by atomic mass is 9.85. The molecule has 1 amide bonds. The fourth-order valence-corrected chi connectivity index (χ4v) is 6.41. The maximum Gasteiger partial charge on any atom is 0.241 e. The molecule has 0 saturated carbocycles. The van der Waals surface area contributed by atoms with E-state index in [4.69, 9.17) is 5.84 Å². The van der Waals surface area contributed by atoms with Crippen molar-refractivity contribution in [1.82, 2.24) is 14.5 Å². The zero-order valence-electron chi connectivity index (χ0n) is 21.9. The van der Waals surface area contributed by atoms with Crippen LogP contribution in [0.1, 0.15) is 24.8 Å². The Kier molecular flexibility index (Phi) is 9.32. The van der Waals surface area contributed by atoms with Gasteiger partial charge in [-0.05, 0) is 53.6 Å². The van der Waals surface area contributed by atoms with Gasteiger partial charge < -0.3 is 15.6 Å². The van der Waals surface area contributed by atoms with E-state index in [9.17, 15) is 18.0 Å². The zero-order valence-corrected chi connectivity index (χ0v) is 22.8. The van der Waals surface area contributed by atoms with Gasteiger partial charge >= 0.3 is 0 Å². The normalized spacial score (nSPS) is 17.7. The summed E-state index contributed by atoms with van der Waals surface area (Å²) in [7, 11) is -2.54. The van der Waals surface area contributed by atoms with Crippen molar-refractivity contribution in [3.8, 4) is 0 Å². The average molecular weight is 549 g/mol. The van der Waals surface area contributed by atoms with E-state index in [0.29, 0.717) is 13.0 Å². The molecule has 1 fully saturated rings. The quantitative estimate of drug-likeness (QED) is 0.164. The van der Waals surface area contributed by atoms with Crippen LogP contribution in [0.15, 0.2) is 82.8 Å². The molecule has 3 aromatic rings. The number of benzene rings is 3. The molecule has 205 valence electrons. The molecule has 1 radical (unpaired) electrons. The minimum atomic E-state index is -4.14. The van der Waals surface area contributed by atoms with Gasteiger partial charge in [-0.15, -0.1) is 0 Å². The minimum absolute atomic E-state index is 0.0253. The summed E-state index contributed by atoms with van der Waals surface area (Å²) < 4.78 is 29.7. The van der Waals surface area contributed by atoms with Gasteiger partial charge in [-0.1, -0.05) is 60.7 Å². The smallest absolute Gasteiger partial charge is 0.241 e. The van der Waals surface area contributed by atoms with Gasteiger partial charge in [0.15, 0.2) is 0 Å². The fraction of sp³-hybridized carbons (Fsp3) is 0.345. The van der Waals surface area contributed by atoms with Crippen molar-refractivity contribution in [3.05, 3.63) is 78.4 Å². The van der Waals surface area contributed by atoms with Crippen molar-refractivity contribution < 1.29 is 18.0 Å². The molecule has 1 aliphatic rings. The number of rotatable bonds is 11. The van der Waals surface area contributed by atoms with Crippen LogP contribution < -0.4 is 10.6 Å². The van der Waals surface area contributed by atoms with Crippen LogP contribution >= 0.6 is 0 Å². The Balaban J connectivity index is 1.61. The third-order valence-corrected chi connectivity index (χ3v) is 8.58. The van der Waals surface area contributed by atoms with Crippen molar-refractivity contribution in [3.63, 3.8) is 0 Å². The highest BCUT2D eigenvalue weighted by molar-refractivity contribution is 7.89. The average Bonchev–Trinajstić information content (AvgIpc) is 2.95. The second kappa shape index (κ2) is 12.9. The predicted molar refractivity (Wildman–Crippen MR) is 152 cm³/mol. The summed E-state index contributed by atoms with van der Waals surface area (Å²) in [6.45, 7) is 1.67. The second-order valence-electron chi connectivity index (χ2n) is 10.0. The van der Waals surface area contributed by atoms with Crippen LogP contribution in [-0.2, 0) is 26.2 Å². The molecule has 4 rings (SSSR count). The van der Waals surface area contributed by atoms with Crippen LogP contribution in [0.5, 0.6) is 0 Å². The van der Waals surface area contributed by atoms with Crippen LogP contribution in [0.25, 0.3) is 10.8 Å². The highest BCUT2D eigenvalue weighted by Gasteiger charge is 2.37. The summed E-state index contributed by atoms with van der Waals surface area (Å²) in [6.07, 6.45) is 5.57. The summed E-state index contributed by atoms with van der Waals surface area (Å²) in [4.78, 5) is 29.5. The molecule has 0 aliphatic carbocycles. The maximum absolute atomic E-state index is 13.7. The van der Waals surface area contributed by atoms with Crippen molar-refractivity contribution in [2.75, 3.05) is 20.1 Å². The van der Waals surface area contributed by atoms with E-state index < -0.39 is 27.9 Å². The first-order valence-electron chi connectivity index (χ1n) is 13.0. The summed E-state index contributed by atoms with van der Waals surface area (Å²) in [6, 6.07) is 20.3. The van der Waals surface area contributed by atoms with Gasteiger partial charge in [0.25, 0.3) is 0 Å². The number of hydrogen-bond acceptors (Lipinski definition) is 6. The number of hydrazone groups is 1. The molecule has 1 heterocycles. The Morgan fingerprint density at radius 3 is 2.59 bits per heavy atom. The molecular formula is C29H34N5O4S. The number of nitrogens with zero attached hydrogens (tertiary/aromatic N) is 3. The number of likely N-dealkylation sites (tertiary alicyclic amines) is 1. The van der Waals surface area contributed by atoms with Gasteiger partial charge in [-0.2, -0.15) is 9.82 Å². The fourth-order valence-electron chi connectivity index (χ4n) is 5.15. The lowest BCUT2D eigenvalue weighted by Gasteiger charge is -2.34. The first-order valence-corrected chi connectivity index (χ1v) is 14.4. The number of piperidine rings is 1. The van der Waals surface area contributed by atoms with E-state index in [1.165, 1.54) is 11.0 Å². The van der Waals surface area contributed by atoms with Crippen molar-refractivity contribution in [2.24, 2.45) is 22.8 Å². The van der Waals surface area contributed by atoms with Crippen LogP contribution in [0.2, 0.25) is 0 Å². The molecule has 1 unspecified atom stereocenters. The second-order valence-corrected chi connectivity index (χ2v) is 11.7. The van der Waals surface area contributed by atoms with Gasteiger partial charge in [0.05, 0.1) is 10.8 Å². The molecule has 1 aliphatic heterocycles. The van der Waals surface area contributed by atoms with Gasteiger partial charge in [-0.25, -0.2) is 8.42 Å². The van der Waals surface area contributed by atoms with Crippen LogP contribution in [0.4, 0.5) is 0 Å². The minimum Gasteiger partial charge on any atom is -0.361 e. The number of amides is 1. The van der Waals surface area contributed by atoms with E-state index in [1.54, 1.807) is 25.5 Å². The van der Waals surface area contributed by atoms with Crippen LogP contribution in [-0.4, -0.2) is 62.9 Å². The highest BCUT2D eigenvalue weighted by atomic mass is 32.2. The molecule has 10 heteroatoms. The Bertz CT molecular complexity index is 1410. The SMILES string of the molecule is CN(Cc1ccccc1)C(=O)[C@H](NS(=O)(=O)c1ccc2ccccc2c1)[C@@H]([C]=O)CC1CCCN(C=NN)C1. The number of likely N-dealkylation sites (N-methyl/N-ethyl adjacent to an activating group) is 1. The van der Waals surface area contributed by atoms with E-state index >= 15 is 0 Å². The van der Waals surface area contributed by atoms with E-state index in [0.717, 1.165) is 35.7 Å². The molecule has 1 saturated heterocycles. The molecule has 3 N–H and O–H groups in total. The largest absolute Gasteiger partial charge is 0.361 e. The number of nitrogens with one attached hydrogen (secondary N) is 1. The van der Waals surface area contributed by atoms with Gasteiger partial charge in [-0.3, -0.25) is 9.59 Å². The molecular weight excluding hydrogens is 514 g/mol. The summed E-state index contributed by atoms with van der Waals surface area (Å²) in [5.74, 6) is 3.89. The molecule has 0 aromatic heterocycles. The maximum atomic E-state index is 13.7. The first-order chi connectivity index (χ1) is 18.8. The topological polar surface area (TPSA) is 125 Å². The Hall–Kier alpha value is -3.76. The monoisotopic (exact) mass is 548 g/mol. The van der Waals surface area contributed by atoms with E-state index in [1.807, 2.05) is 65.8 Å². The van der Waals surface area contributed by atoms with Crippen molar-refractivity contribution >= 4 is 39.3 Å². The van der Waals surface area contributed by atoms with Crippen LogP contribution in [0, 0.1) is 11.8 Å². The lowest BCUT2D eigenvalue weighted by molar-refractivity contribution is -0.133. The molecule has 0 bridgehead atoms.